The molecule has 70 valence electrons. The topological polar surface area (TPSA) is 63.6 Å². The Labute approximate surface area is 75.8 Å². The van der Waals surface area contributed by atoms with Crippen LogP contribution in [0.3, 0.4) is 0 Å². The van der Waals surface area contributed by atoms with Crippen molar-refractivity contribution < 1.29 is 19.4 Å². The van der Waals surface area contributed by atoms with Gasteiger partial charge in [0.15, 0.2) is 0 Å². The zero-order valence-corrected chi connectivity index (χ0v) is 7.50. The van der Waals surface area contributed by atoms with Crippen molar-refractivity contribution in [3.8, 4) is 0 Å². The summed E-state index contributed by atoms with van der Waals surface area (Å²) < 4.78 is 4.45. The van der Waals surface area contributed by atoms with Gasteiger partial charge in [-0.25, -0.2) is 0 Å². The van der Waals surface area contributed by atoms with Crippen molar-refractivity contribution in [1.29, 1.82) is 0 Å². The number of carbonyl (C=O) groups excluding carboxylic acids is 1. The summed E-state index contributed by atoms with van der Waals surface area (Å²) in [5, 5.41) is 7.42. The number of carbonyl (C=O) groups is 2. The third-order valence-electron chi connectivity index (χ3n) is 0.471. The molecule has 1 N–H and O–H groups in total. The molecule has 0 amide bonds. The van der Waals surface area contributed by atoms with Crippen LogP contribution < -0.4 is 0 Å². The number of rotatable bonds is 3. The van der Waals surface area contributed by atoms with E-state index in [9.17, 15) is 4.79 Å². The van der Waals surface area contributed by atoms with E-state index in [-0.39, 0.29) is 12.5 Å². The summed E-state index contributed by atoms with van der Waals surface area (Å²) in [5.41, 5.74) is 0. The molecule has 0 bridgehead atoms. The van der Waals surface area contributed by atoms with Crippen molar-refractivity contribution in [2.24, 2.45) is 0 Å². The van der Waals surface area contributed by atoms with Crippen LogP contribution >= 0.6 is 11.6 Å². The minimum Gasteiger partial charge on any atom is -0.481 e. The molecule has 0 aliphatic carbocycles. The fourth-order valence-electron chi connectivity index (χ4n) is 0.190. The first-order valence-corrected chi connectivity index (χ1v) is 3.60. The molecule has 0 aromatic heterocycles. The van der Waals surface area contributed by atoms with E-state index in [1.807, 2.05) is 0 Å². The van der Waals surface area contributed by atoms with Gasteiger partial charge in [-0.3, -0.25) is 9.59 Å². The standard InChI is InChI=1S/C5H7ClO2.C2H4O2/c1-2-3-8-5(7)4-6;1-2(3)4/h2H,1,3-4H2;1H3,(H,3,4). The summed E-state index contributed by atoms with van der Waals surface area (Å²) in [4.78, 5) is 19.2. The van der Waals surface area contributed by atoms with Crippen LogP contribution in [0.1, 0.15) is 6.92 Å². The van der Waals surface area contributed by atoms with Crippen LogP contribution in [-0.2, 0) is 14.3 Å². The van der Waals surface area contributed by atoms with Crippen LogP contribution in [0, 0.1) is 0 Å². The number of halogens is 1. The Kier molecular flexibility index (Phi) is 11.3. The van der Waals surface area contributed by atoms with E-state index in [1.165, 1.54) is 6.08 Å². The third kappa shape index (κ3) is 23.1. The van der Waals surface area contributed by atoms with Gasteiger partial charge in [-0.15, -0.1) is 11.6 Å². The van der Waals surface area contributed by atoms with E-state index in [4.69, 9.17) is 21.5 Å². The second kappa shape index (κ2) is 9.97. The Morgan fingerprint density at radius 3 is 2.33 bits per heavy atom. The maximum absolute atomic E-state index is 10.2. The molecule has 0 aromatic carbocycles. The quantitative estimate of drug-likeness (QED) is 0.414. The smallest absolute Gasteiger partial charge is 0.321 e. The summed E-state index contributed by atoms with van der Waals surface area (Å²) in [7, 11) is 0. The molecule has 0 rings (SSSR count). The second-order valence-corrected chi connectivity index (χ2v) is 1.89. The number of hydrogen-bond acceptors (Lipinski definition) is 3. The van der Waals surface area contributed by atoms with Gasteiger partial charge in [0, 0.05) is 6.92 Å². The summed E-state index contributed by atoms with van der Waals surface area (Å²) in [6.07, 6.45) is 1.49. The van der Waals surface area contributed by atoms with E-state index >= 15 is 0 Å². The zero-order chi connectivity index (χ0) is 9.98. The Bertz CT molecular complexity index is 151. The monoisotopic (exact) mass is 194 g/mol. The number of carboxylic acid groups (broad SMARTS) is 1. The first-order valence-electron chi connectivity index (χ1n) is 3.06. The highest BCUT2D eigenvalue weighted by molar-refractivity contribution is 6.26. The Hall–Kier alpha value is -1.03. The van der Waals surface area contributed by atoms with Crippen molar-refractivity contribution in [3.63, 3.8) is 0 Å². The molecule has 12 heavy (non-hydrogen) atoms. The predicted octanol–water partition coefficient (Wildman–Crippen LogP) is 1.05. The zero-order valence-electron chi connectivity index (χ0n) is 6.75. The normalized spacial score (nSPS) is 7.50. The maximum Gasteiger partial charge on any atom is 0.321 e. The van der Waals surface area contributed by atoms with Gasteiger partial charge in [0.25, 0.3) is 5.97 Å². The molecule has 0 atom stereocenters. The molecule has 4 nitrogen and oxygen atoms in total. The molecular weight excluding hydrogens is 184 g/mol. The van der Waals surface area contributed by atoms with Crippen molar-refractivity contribution in [2.45, 2.75) is 6.92 Å². The summed E-state index contributed by atoms with van der Waals surface area (Å²) in [6.45, 7) is 4.67. The molecule has 0 aliphatic heterocycles. The summed E-state index contributed by atoms with van der Waals surface area (Å²) in [5.74, 6) is -1.33. The van der Waals surface area contributed by atoms with E-state index in [2.05, 4.69) is 11.3 Å². The maximum atomic E-state index is 10.2. The van der Waals surface area contributed by atoms with Crippen molar-refractivity contribution >= 4 is 23.5 Å². The van der Waals surface area contributed by atoms with Gasteiger partial charge >= 0.3 is 5.97 Å². The van der Waals surface area contributed by atoms with E-state index in [0.717, 1.165) is 6.92 Å². The Balaban J connectivity index is 0. The number of aliphatic carboxylic acids is 1. The van der Waals surface area contributed by atoms with Gasteiger partial charge < -0.3 is 9.84 Å². The summed E-state index contributed by atoms with van der Waals surface area (Å²) in [6, 6.07) is 0. The van der Waals surface area contributed by atoms with Crippen LogP contribution in [0.25, 0.3) is 0 Å². The van der Waals surface area contributed by atoms with Crippen molar-refractivity contribution in [1.82, 2.24) is 0 Å². The fourth-order valence-corrected chi connectivity index (χ4v) is 0.268. The average Bonchev–Trinajstić information content (AvgIpc) is 1.99. The van der Waals surface area contributed by atoms with Gasteiger partial charge in [0.1, 0.15) is 12.5 Å². The minimum absolute atomic E-state index is 0.0894. The molecule has 0 spiro atoms. The highest BCUT2D eigenvalue weighted by Crippen LogP contribution is 1.81. The van der Waals surface area contributed by atoms with E-state index in [1.54, 1.807) is 0 Å². The van der Waals surface area contributed by atoms with Gasteiger partial charge in [-0.1, -0.05) is 12.7 Å². The lowest BCUT2D eigenvalue weighted by Crippen LogP contribution is -2.04. The van der Waals surface area contributed by atoms with Crippen LogP contribution in [-0.4, -0.2) is 29.5 Å². The third-order valence-corrected chi connectivity index (χ3v) is 0.689. The first kappa shape index (κ1) is 13.6. The molecule has 5 heteroatoms. The lowest BCUT2D eigenvalue weighted by atomic mass is 10.7. The first-order chi connectivity index (χ1) is 5.54. The second-order valence-electron chi connectivity index (χ2n) is 1.62. The molecule has 0 fully saturated rings. The van der Waals surface area contributed by atoms with Crippen molar-refractivity contribution in [3.05, 3.63) is 12.7 Å². The van der Waals surface area contributed by atoms with Gasteiger partial charge in [-0.2, -0.15) is 0 Å². The largest absolute Gasteiger partial charge is 0.481 e. The van der Waals surface area contributed by atoms with Gasteiger partial charge in [-0.05, 0) is 0 Å². The molecule has 0 aliphatic rings. The number of ether oxygens (including phenoxy) is 1. The molecule has 0 radical (unpaired) electrons. The van der Waals surface area contributed by atoms with Crippen molar-refractivity contribution in [2.75, 3.05) is 12.5 Å². The highest BCUT2D eigenvalue weighted by Gasteiger charge is 1.94. The SMILES string of the molecule is C=CCOC(=O)CCl.CC(=O)O. The Morgan fingerprint density at radius 2 is 2.08 bits per heavy atom. The van der Waals surface area contributed by atoms with Crippen LogP contribution in [0.2, 0.25) is 0 Å². The fraction of sp³-hybridized carbons (Fsp3) is 0.429. The molecule has 0 saturated carbocycles. The lowest BCUT2D eigenvalue weighted by Gasteiger charge is -1.93. The minimum atomic E-state index is -0.833. The molecule has 0 saturated heterocycles. The predicted molar refractivity (Wildman–Crippen MR) is 45.2 cm³/mol. The number of carboxylic acids is 1. The van der Waals surface area contributed by atoms with Crippen LogP contribution in [0.15, 0.2) is 12.7 Å². The number of esters is 1. The van der Waals surface area contributed by atoms with Crippen LogP contribution in [0.5, 0.6) is 0 Å². The highest BCUT2D eigenvalue weighted by atomic mass is 35.5. The molecule has 0 unspecified atom stereocenters. The van der Waals surface area contributed by atoms with E-state index < -0.39 is 11.9 Å². The summed E-state index contributed by atoms with van der Waals surface area (Å²) >= 11 is 5.08. The number of hydrogen-bond donors (Lipinski definition) is 1. The van der Waals surface area contributed by atoms with Gasteiger partial charge in [0.05, 0.1) is 0 Å². The Morgan fingerprint density at radius 1 is 1.67 bits per heavy atom. The van der Waals surface area contributed by atoms with Gasteiger partial charge in [0.2, 0.25) is 0 Å². The molecular formula is C7H11ClO4. The number of alkyl halides is 1. The van der Waals surface area contributed by atoms with Crippen LogP contribution in [0.4, 0.5) is 0 Å². The molecule has 0 aromatic rings. The lowest BCUT2D eigenvalue weighted by molar-refractivity contribution is -0.139. The van der Waals surface area contributed by atoms with E-state index in [0.29, 0.717) is 0 Å². The average molecular weight is 195 g/mol. The molecule has 0 heterocycles.